The van der Waals surface area contributed by atoms with Crippen molar-refractivity contribution in [3.05, 3.63) is 0 Å². The van der Waals surface area contributed by atoms with Crippen molar-refractivity contribution in [1.29, 1.82) is 0 Å². The van der Waals surface area contributed by atoms with E-state index in [4.69, 9.17) is 0 Å². The molecule has 22 heavy (non-hydrogen) atoms. The molecule has 3 aliphatic carbocycles. The molecule has 0 bridgehead atoms. The molecule has 2 N–H and O–H groups in total. The van der Waals surface area contributed by atoms with Crippen LogP contribution >= 0.6 is 0 Å². The lowest BCUT2D eigenvalue weighted by atomic mass is 9.37. The Kier molecular flexibility index (Phi) is 3.97. The normalized spacial score (nSPS) is 51.3. The monoisotopic (exact) mass is 308 g/mol. The Hall–Kier alpha value is -0.0800. The molecule has 0 aromatic carbocycles. The molecule has 0 aromatic rings. The van der Waals surface area contributed by atoms with Crippen molar-refractivity contribution in [3.8, 4) is 0 Å². The van der Waals surface area contributed by atoms with Gasteiger partial charge >= 0.3 is 0 Å². The van der Waals surface area contributed by atoms with Crippen LogP contribution in [0.3, 0.4) is 0 Å². The van der Waals surface area contributed by atoms with Crippen LogP contribution in [0.5, 0.6) is 0 Å². The maximum atomic E-state index is 11.2. The quantitative estimate of drug-likeness (QED) is 0.754. The predicted octanol–water partition coefficient (Wildman–Crippen LogP) is 4.39. The van der Waals surface area contributed by atoms with Crippen LogP contribution in [0.15, 0.2) is 0 Å². The first-order chi connectivity index (χ1) is 10.2. The molecule has 6 atom stereocenters. The molecule has 2 nitrogen and oxygen atoms in total. The second kappa shape index (κ2) is 5.21. The Morgan fingerprint density at radius 1 is 0.909 bits per heavy atom. The zero-order valence-electron chi connectivity index (χ0n) is 15.2. The zero-order chi connectivity index (χ0) is 16.3. The highest BCUT2D eigenvalue weighted by Crippen LogP contribution is 2.69. The maximum Gasteiger partial charge on any atom is 0.0863 e. The predicted molar refractivity (Wildman–Crippen MR) is 90.5 cm³/mol. The van der Waals surface area contributed by atoms with E-state index in [9.17, 15) is 10.2 Å². The molecule has 0 amide bonds. The fourth-order valence-electron chi connectivity index (χ4n) is 7.42. The largest absolute Gasteiger partial charge is 0.390 e. The lowest BCUT2D eigenvalue weighted by Crippen LogP contribution is -2.69. The summed E-state index contributed by atoms with van der Waals surface area (Å²) in [4.78, 5) is 0. The average Bonchev–Trinajstić information content (AvgIpc) is 2.43. The summed E-state index contributed by atoms with van der Waals surface area (Å²) in [6, 6.07) is 0. The van der Waals surface area contributed by atoms with Gasteiger partial charge in [-0.15, -0.1) is 0 Å². The first-order valence-corrected chi connectivity index (χ1v) is 9.54. The Morgan fingerprint density at radius 2 is 1.59 bits per heavy atom. The third-order valence-corrected chi connectivity index (χ3v) is 8.18. The molecule has 0 aromatic heterocycles. The maximum absolute atomic E-state index is 11.2. The number of aliphatic hydroxyl groups excluding tert-OH is 2. The first kappa shape index (κ1) is 16.8. The number of aliphatic hydroxyl groups is 2. The van der Waals surface area contributed by atoms with Crippen LogP contribution in [-0.2, 0) is 0 Å². The van der Waals surface area contributed by atoms with Gasteiger partial charge in [-0.1, -0.05) is 53.9 Å². The Morgan fingerprint density at radius 3 is 2.23 bits per heavy atom. The molecular weight excluding hydrogens is 272 g/mol. The van der Waals surface area contributed by atoms with Crippen LogP contribution in [0.25, 0.3) is 0 Å². The Balaban J connectivity index is 2.13. The molecule has 3 fully saturated rings. The van der Waals surface area contributed by atoms with Gasteiger partial charge in [-0.3, -0.25) is 0 Å². The van der Waals surface area contributed by atoms with E-state index in [1.807, 2.05) is 0 Å². The smallest absolute Gasteiger partial charge is 0.0863 e. The van der Waals surface area contributed by atoms with Crippen LogP contribution < -0.4 is 0 Å². The molecule has 0 saturated heterocycles. The van der Waals surface area contributed by atoms with E-state index >= 15 is 0 Å². The highest BCUT2D eigenvalue weighted by molar-refractivity contribution is 5.16. The standard InChI is InChI=1S/C20H36O2/c1-13(2)20-12-7-6-9-14(20)19(5)11-8-10-18(3,4)16(19)15(21)17(20)22/h13-17,21-22H,6-12H2,1-5H3/t14-,15?,16+,17?,19-,20-/m1/s1. The minimum atomic E-state index is -0.558. The van der Waals surface area contributed by atoms with E-state index in [-0.39, 0.29) is 22.2 Å². The van der Waals surface area contributed by atoms with Gasteiger partial charge in [0, 0.05) is 5.41 Å². The van der Waals surface area contributed by atoms with Crippen molar-refractivity contribution in [1.82, 2.24) is 0 Å². The van der Waals surface area contributed by atoms with E-state index in [0.29, 0.717) is 11.8 Å². The van der Waals surface area contributed by atoms with E-state index in [2.05, 4.69) is 34.6 Å². The topological polar surface area (TPSA) is 40.5 Å². The van der Waals surface area contributed by atoms with Crippen molar-refractivity contribution >= 4 is 0 Å². The van der Waals surface area contributed by atoms with Crippen molar-refractivity contribution < 1.29 is 10.2 Å². The minimum Gasteiger partial charge on any atom is -0.390 e. The summed E-state index contributed by atoms with van der Waals surface area (Å²) in [7, 11) is 0. The summed E-state index contributed by atoms with van der Waals surface area (Å²) >= 11 is 0. The summed E-state index contributed by atoms with van der Waals surface area (Å²) in [6.45, 7) is 11.6. The van der Waals surface area contributed by atoms with Crippen molar-refractivity contribution in [2.45, 2.75) is 91.8 Å². The van der Waals surface area contributed by atoms with E-state index in [1.54, 1.807) is 0 Å². The summed E-state index contributed by atoms with van der Waals surface area (Å²) in [5.41, 5.74) is 0.245. The molecule has 0 aliphatic heterocycles. The van der Waals surface area contributed by atoms with Gasteiger partial charge < -0.3 is 10.2 Å². The van der Waals surface area contributed by atoms with Crippen molar-refractivity contribution in [2.75, 3.05) is 0 Å². The lowest BCUT2D eigenvalue weighted by Gasteiger charge is -2.68. The van der Waals surface area contributed by atoms with Gasteiger partial charge in [-0.05, 0) is 54.3 Å². The molecule has 0 radical (unpaired) electrons. The minimum absolute atomic E-state index is 0.0731. The van der Waals surface area contributed by atoms with Gasteiger partial charge in [0.05, 0.1) is 12.2 Å². The highest BCUT2D eigenvalue weighted by atomic mass is 16.3. The molecule has 3 aliphatic rings. The Labute approximate surface area is 136 Å². The van der Waals surface area contributed by atoms with Gasteiger partial charge in [0.1, 0.15) is 0 Å². The van der Waals surface area contributed by atoms with Crippen molar-refractivity contribution in [3.63, 3.8) is 0 Å². The van der Waals surface area contributed by atoms with E-state index in [0.717, 1.165) is 6.42 Å². The van der Waals surface area contributed by atoms with Crippen molar-refractivity contribution in [2.24, 2.45) is 34.0 Å². The fourth-order valence-corrected chi connectivity index (χ4v) is 7.42. The van der Waals surface area contributed by atoms with Crippen LogP contribution in [-0.4, -0.2) is 22.4 Å². The van der Waals surface area contributed by atoms with E-state index < -0.39 is 12.2 Å². The van der Waals surface area contributed by atoms with E-state index in [1.165, 1.54) is 38.5 Å². The SMILES string of the molecule is CC(C)[C@]12CCCC[C@@H]1[C@@]1(C)CCCC(C)(C)[C@@H]1C(O)C2O. The second-order valence-corrected chi connectivity index (χ2v) is 9.83. The van der Waals surface area contributed by atoms with Gasteiger partial charge in [0.15, 0.2) is 0 Å². The third-order valence-electron chi connectivity index (χ3n) is 8.18. The third kappa shape index (κ3) is 1.99. The molecule has 3 rings (SSSR count). The Bertz CT molecular complexity index is 429. The number of hydrogen-bond donors (Lipinski definition) is 2. The zero-order valence-corrected chi connectivity index (χ0v) is 15.2. The molecule has 3 saturated carbocycles. The van der Waals surface area contributed by atoms with Crippen LogP contribution in [0.1, 0.15) is 79.6 Å². The average molecular weight is 309 g/mol. The number of hydrogen-bond acceptors (Lipinski definition) is 2. The molecule has 0 heterocycles. The molecular formula is C20H36O2. The first-order valence-electron chi connectivity index (χ1n) is 9.54. The molecule has 2 heteroatoms. The van der Waals surface area contributed by atoms with Gasteiger partial charge in [0.2, 0.25) is 0 Å². The van der Waals surface area contributed by atoms with Crippen LogP contribution in [0.2, 0.25) is 0 Å². The summed E-state index contributed by atoms with van der Waals surface area (Å²) in [6.07, 6.45) is 7.41. The number of rotatable bonds is 1. The molecule has 2 unspecified atom stereocenters. The molecule has 128 valence electrons. The van der Waals surface area contributed by atoms with Crippen LogP contribution in [0.4, 0.5) is 0 Å². The fraction of sp³-hybridized carbons (Fsp3) is 1.00. The van der Waals surface area contributed by atoms with Gasteiger partial charge in [-0.2, -0.15) is 0 Å². The summed E-state index contributed by atoms with van der Waals surface area (Å²) < 4.78 is 0. The lowest BCUT2D eigenvalue weighted by molar-refractivity contribution is -0.267. The van der Waals surface area contributed by atoms with Gasteiger partial charge in [-0.25, -0.2) is 0 Å². The summed E-state index contributed by atoms with van der Waals surface area (Å²) in [5.74, 6) is 1.24. The second-order valence-electron chi connectivity index (χ2n) is 9.83. The number of fused-ring (bicyclic) bond motifs is 3. The summed E-state index contributed by atoms with van der Waals surface area (Å²) in [5, 5.41) is 22.4. The highest BCUT2D eigenvalue weighted by Gasteiger charge is 2.67. The molecule has 0 spiro atoms. The van der Waals surface area contributed by atoms with Crippen LogP contribution in [0, 0.1) is 34.0 Å². The van der Waals surface area contributed by atoms with Gasteiger partial charge in [0.25, 0.3) is 0 Å².